The first-order chi connectivity index (χ1) is 16.0. The van der Waals surface area contributed by atoms with Crippen molar-refractivity contribution in [3.8, 4) is 23.0 Å². The van der Waals surface area contributed by atoms with E-state index in [2.05, 4.69) is 29.0 Å². The molecular weight excluding hydrogens is 437 g/mol. The third-order valence-electron chi connectivity index (χ3n) is 5.79. The molecule has 0 fully saturated rings. The zero-order chi connectivity index (χ0) is 22.9. The van der Waals surface area contributed by atoms with E-state index >= 15 is 0 Å². The van der Waals surface area contributed by atoms with Crippen molar-refractivity contribution in [3.05, 3.63) is 94.1 Å². The largest absolute Gasteiger partial charge is 0.436 e. The smallest absolute Gasteiger partial charge is 0.227 e. The van der Waals surface area contributed by atoms with E-state index in [1.54, 1.807) is 30.1 Å². The van der Waals surface area contributed by atoms with E-state index < -0.39 is 0 Å². The van der Waals surface area contributed by atoms with Crippen molar-refractivity contribution in [2.24, 2.45) is 0 Å². The van der Waals surface area contributed by atoms with Crippen molar-refractivity contribution >= 4 is 11.8 Å². The predicted molar refractivity (Wildman–Crippen MR) is 126 cm³/mol. The summed E-state index contributed by atoms with van der Waals surface area (Å²) < 4.78 is 19.7. The quantitative estimate of drug-likeness (QED) is 0.266. The fourth-order valence-electron chi connectivity index (χ4n) is 3.86. The van der Waals surface area contributed by atoms with Crippen LogP contribution in [0.15, 0.2) is 59.8 Å². The first-order valence-corrected chi connectivity index (χ1v) is 11.6. The standard InChI is InChI=1S/C26H22FN3O2S/c1-15-5-3-4-6-18(15)14-33-26-22-11-21-19(13-31)12-28-16(2)23(21)32-25(22)29-24(30-26)17-7-9-20(27)10-8-17/h3-10,12,31H,11,13-14H2,1-2H3. The number of thioether (sulfide) groups is 1. The van der Waals surface area contributed by atoms with Gasteiger partial charge in [-0.25, -0.2) is 9.37 Å². The molecule has 3 heterocycles. The van der Waals surface area contributed by atoms with Gasteiger partial charge in [0.05, 0.1) is 17.9 Å². The molecule has 1 aliphatic rings. The number of benzene rings is 2. The number of aryl methyl sites for hydroxylation is 2. The molecule has 5 nitrogen and oxygen atoms in total. The van der Waals surface area contributed by atoms with Gasteiger partial charge >= 0.3 is 0 Å². The molecule has 0 amide bonds. The number of hydrogen-bond acceptors (Lipinski definition) is 6. The van der Waals surface area contributed by atoms with Crippen LogP contribution in [0.5, 0.6) is 11.6 Å². The number of rotatable bonds is 5. The molecule has 4 aromatic rings. The lowest BCUT2D eigenvalue weighted by Crippen LogP contribution is -2.13. The molecule has 0 spiro atoms. The second-order valence-electron chi connectivity index (χ2n) is 7.97. The zero-order valence-electron chi connectivity index (χ0n) is 18.3. The van der Waals surface area contributed by atoms with Gasteiger partial charge in [-0.05, 0) is 49.2 Å². The minimum atomic E-state index is -0.311. The van der Waals surface area contributed by atoms with E-state index in [-0.39, 0.29) is 12.4 Å². The van der Waals surface area contributed by atoms with Crippen molar-refractivity contribution in [3.63, 3.8) is 0 Å². The highest BCUT2D eigenvalue weighted by Gasteiger charge is 2.27. The van der Waals surface area contributed by atoms with E-state index in [9.17, 15) is 9.50 Å². The Hall–Kier alpha value is -3.29. The van der Waals surface area contributed by atoms with Gasteiger partial charge < -0.3 is 9.84 Å². The molecule has 33 heavy (non-hydrogen) atoms. The van der Waals surface area contributed by atoms with Crippen molar-refractivity contribution in [1.29, 1.82) is 0 Å². The second kappa shape index (κ2) is 8.92. The SMILES string of the molecule is Cc1ccccc1CSc1nc(-c2ccc(F)cc2)nc2c1Cc1c(CO)cnc(C)c1O2. The number of aliphatic hydroxyl groups excluding tert-OH is 1. The summed E-state index contributed by atoms with van der Waals surface area (Å²) in [4.78, 5) is 13.9. The van der Waals surface area contributed by atoms with Crippen LogP contribution >= 0.6 is 11.8 Å². The van der Waals surface area contributed by atoms with Gasteiger partial charge in [0.25, 0.3) is 0 Å². The summed E-state index contributed by atoms with van der Waals surface area (Å²) in [6, 6.07) is 14.4. The van der Waals surface area contributed by atoms with Crippen molar-refractivity contribution < 1.29 is 14.2 Å². The van der Waals surface area contributed by atoms with E-state index in [0.29, 0.717) is 29.4 Å². The van der Waals surface area contributed by atoms with Crippen LogP contribution in [0.1, 0.15) is 33.5 Å². The van der Waals surface area contributed by atoms with Gasteiger partial charge in [0.2, 0.25) is 5.88 Å². The highest BCUT2D eigenvalue weighted by molar-refractivity contribution is 7.98. The van der Waals surface area contributed by atoms with Crippen LogP contribution in [0.3, 0.4) is 0 Å². The van der Waals surface area contributed by atoms with Crippen molar-refractivity contribution in [2.75, 3.05) is 0 Å². The summed E-state index contributed by atoms with van der Waals surface area (Å²) in [6.07, 6.45) is 2.24. The maximum Gasteiger partial charge on any atom is 0.227 e. The summed E-state index contributed by atoms with van der Waals surface area (Å²) >= 11 is 1.62. The van der Waals surface area contributed by atoms with Gasteiger partial charge in [0.1, 0.15) is 10.8 Å². The van der Waals surface area contributed by atoms with Gasteiger partial charge in [-0.3, -0.25) is 4.98 Å². The molecule has 1 aliphatic heterocycles. The van der Waals surface area contributed by atoms with Gasteiger partial charge in [-0.15, -0.1) is 11.8 Å². The topological polar surface area (TPSA) is 68.1 Å². The third-order valence-corrected chi connectivity index (χ3v) is 6.85. The summed E-state index contributed by atoms with van der Waals surface area (Å²) in [5.74, 6) is 2.02. The number of pyridine rings is 1. The lowest BCUT2D eigenvalue weighted by Gasteiger charge is -2.24. The van der Waals surface area contributed by atoms with Crippen LogP contribution in [-0.2, 0) is 18.8 Å². The Kier molecular flexibility index (Phi) is 5.83. The third kappa shape index (κ3) is 4.21. The maximum atomic E-state index is 13.5. The van der Waals surface area contributed by atoms with Crippen LogP contribution < -0.4 is 4.74 Å². The first kappa shape index (κ1) is 21.6. The number of aliphatic hydroxyl groups is 1. The summed E-state index contributed by atoms with van der Waals surface area (Å²) in [7, 11) is 0. The molecule has 0 saturated carbocycles. The highest BCUT2D eigenvalue weighted by Crippen LogP contribution is 2.43. The molecular formula is C26H22FN3O2S. The monoisotopic (exact) mass is 459 g/mol. The number of ether oxygens (including phenoxy) is 1. The van der Waals surface area contributed by atoms with Gasteiger partial charge in [0, 0.05) is 35.1 Å². The van der Waals surface area contributed by atoms with Crippen molar-refractivity contribution in [2.45, 2.75) is 37.7 Å². The first-order valence-electron chi connectivity index (χ1n) is 10.6. The average molecular weight is 460 g/mol. The fraction of sp³-hybridized carbons (Fsp3) is 0.192. The molecule has 1 N–H and O–H groups in total. The van der Waals surface area contributed by atoms with E-state index in [0.717, 1.165) is 33.2 Å². The minimum absolute atomic E-state index is 0.117. The molecule has 2 aromatic carbocycles. The molecule has 0 saturated heterocycles. The second-order valence-corrected chi connectivity index (χ2v) is 8.94. The Balaban J connectivity index is 1.60. The Morgan fingerprint density at radius 2 is 1.79 bits per heavy atom. The van der Waals surface area contributed by atoms with Gasteiger partial charge in [0.15, 0.2) is 11.6 Å². The predicted octanol–water partition coefficient (Wildman–Crippen LogP) is 5.78. The van der Waals surface area contributed by atoms with Gasteiger partial charge in [-0.2, -0.15) is 4.98 Å². The van der Waals surface area contributed by atoms with Crippen LogP contribution in [0.4, 0.5) is 4.39 Å². The molecule has 5 rings (SSSR count). The summed E-state index contributed by atoms with van der Waals surface area (Å²) in [5.41, 5.74) is 6.43. The lowest BCUT2D eigenvalue weighted by molar-refractivity contribution is 0.278. The van der Waals surface area contributed by atoms with E-state index in [4.69, 9.17) is 9.72 Å². The Morgan fingerprint density at radius 3 is 2.55 bits per heavy atom. The van der Waals surface area contributed by atoms with Crippen LogP contribution in [0.2, 0.25) is 0 Å². The van der Waals surface area contributed by atoms with Crippen LogP contribution in [-0.4, -0.2) is 20.1 Å². The van der Waals surface area contributed by atoms with E-state index in [1.165, 1.54) is 23.3 Å². The number of hydrogen-bond donors (Lipinski definition) is 1. The van der Waals surface area contributed by atoms with Crippen molar-refractivity contribution in [1.82, 2.24) is 15.0 Å². The number of fused-ring (bicyclic) bond motifs is 2. The fourth-order valence-corrected chi connectivity index (χ4v) is 4.96. The van der Waals surface area contributed by atoms with Crippen LogP contribution in [0, 0.1) is 19.7 Å². The Morgan fingerprint density at radius 1 is 1.00 bits per heavy atom. The molecule has 0 unspecified atom stereocenters. The maximum absolute atomic E-state index is 13.5. The molecule has 7 heteroatoms. The summed E-state index contributed by atoms with van der Waals surface area (Å²) in [6.45, 7) is 3.85. The Labute approximate surface area is 195 Å². The van der Waals surface area contributed by atoms with Crippen LogP contribution in [0.25, 0.3) is 11.4 Å². The Bertz CT molecular complexity index is 1340. The molecule has 0 bridgehead atoms. The molecule has 2 aromatic heterocycles. The highest BCUT2D eigenvalue weighted by atomic mass is 32.2. The number of aromatic nitrogens is 3. The molecule has 0 atom stereocenters. The zero-order valence-corrected chi connectivity index (χ0v) is 19.1. The summed E-state index contributed by atoms with van der Waals surface area (Å²) in [5, 5.41) is 10.6. The van der Waals surface area contributed by atoms with Gasteiger partial charge in [-0.1, -0.05) is 24.3 Å². The van der Waals surface area contributed by atoms with E-state index in [1.807, 2.05) is 19.1 Å². The molecule has 166 valence electrons. The lowest BCUT2D eigenvalue weighted by atomic mass is 9.99. The average Bonchev–Trinajstić information content (AvgIpc) is 2.83. The number of nitrogens with zero attached hydrogens (tertiary/aromatic N) is 3. The normalized spacial score (nSPS) is 12.1. The molecule has 0 radical (unpaired) electrons. The minimum Gasteiger partial charge on any atom is -0.436 e. The molecule has 0 aliphatic carbocycles. The number of halogens is 1.